The van der Waals surface area contributed by atoms with Crippen LogP contribution >= 0.6 is 0 Å². The fraction of sp³-hybridized carbons (Fsp3) is 0.105. The summed E-state index contributed by atoms with van der Waals surface area (Å²) < 4.78 is 7.31. The summed E-state index contributed by atoms with van der Waals surface area (Å²) in [6.45, 7) is 2.59. The third-order valence-corrected chi connectivity index (χ3v) is 3.97. The van der Waals surface area contributed by atoms with Crippen LogP contribution < -0.4 is 15.8 Å². The van der Waals surface area contributed by atoms with Crippen LogP contribution in [0.4, 0.5) is 17.2 Å². The normalized spacial score (nSPS) is 10.8. The lowest BCUT2D eigenvalue weighted by Gasteiger charge is -2.12. The summed E-state index contributed by atoms with van der Waals surface area (Å²) in [6.07, 6.45) is 3.20. The zero-order valence-electron chi connectivity index (χ0n) is 14.3. The van der Waals surface area contributed by atoms with Crippen LogP contribution in [0.25, 0.3) is 16.9 Å². The number of benzene rings is 2. The molecule has 0 atom stereocenters. The van der Waals surface area contributed by atoms with Gasteiger partial charge in [-0.15, -0.1) is 0 Å². The molecule has 130 valence electrons. The number of hydrogen-bond donors (Lipinski definition) is 2. The molecule has 4 rings (SSSR count). The third-order valence-electron chi connectivity index (χ3n) is 3.97. The van der Waals surface area contributed by atoms with Crippen molar-refractivity contribution in [3.63, 3.8) is 0 Å². The molecule has 0 saturated heterocycles. The van der Waals surface area contributed by atoms with Crippen LogP contribution in [-0.4, -0.2) is 26.1 Å². The summed E-state index contributed by atoms with van der Waals surface area (Å²) in [5.74, 6) is 1.94. The first kappa shape index (κ1) is 15.9. The Kier molecular flexibility index (Phi) is 4.10. The molecule has 0 saturated carbocycles. The summed E-state index contributed by atoms with van der Waals surface area (Å²) in [5.41, 5.74) is 9.46. The Hall–Kier alpha value is -3.61. The highest BCUT2D eigenvalue weighted by Gasteiger charge is 2.13. The molecule has 7 nitrogen and oxygen atoms in total. The number of anilines is 3. The lowest BCUT2D eigenvalue weighted by molar-refractivity contribution is 0.340. The van der Waals surface area contributed by atoms with Gasteiger partial charge in [0.05, 0.1) is 17.6 Å². The Labute approximate surface area is 150 Å². The fourth-order valence-electron chi connectivity index (χ4n) is 2.74. The number of ether oxygens (including phenoxy) is 1. The van der Waals surface area contributed by atoms with Gasteiger partial charge in [0.15, 0.2) is 11.6 Å². The predicted molar refractivity (Wildman–Crippen MR) is 102 cm³/mol. The molecule has 2 heterocycles. The number of nitrogen functional groups attached to an aromatic ring is 1. The zero-order valence-corrected chi connectivity index (χ0v) is 14.3. The molecule has 0 unspecified atom stereocenters. The Balaban J connectivity index is 1.67. The van der Waals surface area contributed by atoms with Gasteiger partial charge in [-0.2, -0.15) is 0 Å². The van der Waals surface area contributed by atoms with Crippen LogP contribution in [0.2, 0.25) is 0 Å². The number of nitrogens with zero attached hydrogens (tertiary/aromatic N) is 4. The van der Waals surface area contributed by atoms with Crippen LogP contribution in [0.3, 0.4) is 0 Å². The first-order valence-corrected chi connectivity index (χ1v) is 8.29. The molecule has 0 aliphatic carbocycles. The van der Waals surface area contributed by atoms with Crippen molar-refractivity contribution in [2.24, 2.45) is 0 Å². The number of hydrogen-bond acceptors (Lipinski definition) is 6. The molecule has 7 heteroatoms. The quantitative estimate of drug-likeness (QED) is 0.574. The standard InChI is InChI=1S/C19H18N6O/c1-2-26-14-9-7-13(8-10-14)24-18-17(20)19(22-11-21-18)25-12-23-15-5-3-4-6-16(15)25/h3-12H,2,20H2,1H3,(H,21,22,24). The smallest absolute Gasteiger partial charge is 0.167 e. The van der Waals surface area contributed by atoms with Gasteiger partial charge in [0.25, 0.3) is 0 Å². The number of fused-ring (bicyclic) bond motifs is 1. The Morgan fingerprint density at radius 1 is 1.04 bits per heavy atom. The van der Waals surface area contributed by atoms with E-state index in [0.29, 0.717) is 23.9 Å². The minimum atomic E-state index is 0.449. The maximum absolute atomic E-state index is 6.33. The average molecular weight is 346 g/mol. The molecule has 0 bridgehead atoms. The first-order valence-electron chi connectivity index (χ1n) is 8.29. The maximum Gasteiger partial charge on any atom is 0.167 e. The van der Waals surface area contributed by atoms with Gasteiger partial charge in [-0.1, -0.05) is 12.1 Å². The third kappa shape index (κ3) is 2.90. The van der Waals surface area contributed by atoms with Gasteiger partial charge >= 0.3 is 0 Å². The van der Waals surface area contributed by atoms with E-state index in [1.54, 1.807) is 6.33 Å². The highest BCUT2D eigenvalue weighted by Crippen LogP contribution is 2.27. The lowest BCUT2D eigenvalue weighted by Crippen LogP contribution is -2.07. The molecule has 4 aromatic rings. The zero-order chi connectivity index (χ0) is 17.9. The summed E-state index contributed by atoms with van der Waals surface area (Å²) in [4.78, 5) is 13.0. The van der Waals surface area contributed by atoms with Crippen molar-refractivity contribution in [1.82, 2.24) is 19.5 Å². The molecular formula is C19H18N6O. The molecular weight excluding hydrogens is 328 g/mol. The number of nitrogens with two attached hydrogens (primary N) is 1. The molecule has 0 fully saturated rings. The van der Waals surface area contributed by atoms with E-state index in [4.69, 9.17) is 10.5 Å². The molecule has 0 aliphatic heterocycles. The van der Waals surface area contributed by atoms with Crippen LogP contribution in [0.5, 0.6) is 5.75 Å². The minimum Gasteiger partial charge on any atom is -0.494 e. The van der Waals surface area contributed by atoms with Gasteiger partial charge in [-0.05, 0) is 43.3 Å². The van der Waals surface area contributed by atoms with Crippen molar-refractivity contribution < 1.29 is 4.74 Å². The van der Waals surface area contributed by atoms with Crippen molar-refractivity contribution >= 4 is 28.2 Å². The molecule has 26 heavy (non-hydrogen) atoms. The minimum absolute atomic E-state index is 0.449. The fourth-order valence-corrected chi connectivity index (χ4v) is 2.74. The second kappa shape index (κ2) is 6.72. The van der Waals surface area contributed by atoms with Crippen molar-refractivity contribution in [3.05, 3.63) is 61.2 Å². The maximum atomic E-state index is 6.33. The largest absolute Gasteiger partial charge is 0.494 e. The number of para-hydroxylation sites is 2. The molecule has 0 radical (unpaired) electrons. The monoisotopic (exact) mass is 346 g/mol. The first-order chi connectivity index (χ1) is 12.8. The Morgan fingerprint density at radius 2 is 1.85 bits per heavy atom. The second-order valence-corrected chi connectivity index (χ2v) is 5.65. The van der Waals surface area contributed by atoms with Gasteiger partial charge < -0.3 is 15.8 Å². The van der Waals surface area contributed by atoms with E-state index in [1.165, 1.54) is 6.33 Å². The number of nitrogens with one attached hydrogen (secondary N) is 1. The number of imidazole rings is 1. The van der Waals surface area contributed by atoms with Gasteiger partial charge in [-0.3, -0.25) is 4.57 Å². The van der Waals surface area contributed by atoms with Crippen LogP contribution in [0.1, 0.15) is 6.92 Å². The summed E-state index contributed by atoms with van der Waals surface area (Å²) in [5, 5.41) is 3.23. The van der Waals surface area contributed by atoms with E-state index >= 15 is 0 Å². The van der Waals surface area contributed by atoms with Crippen LogP contribution in [-0.2, 0) is 0 Å². The van der Waals surface area contributed by atoms with E-state index < -0.39 is 0 Å². The molecule has 0 amide bonds. The van der Waals surface area contributed by atoms with Gasteiger partial charge in [0.2, 0.25) is 0 Å². The average Bonchev–Trinajstić information content (AvgIpc) is 3.09. The van der Waals surface area contributed by atoms with Crippen LogP contribution in [0.15, 0.2) is 61.2 Å². The van der Waals surface area contributed by atoms with Crippen molar-refractivity contribution in [3.8, 4) is 11.6 Å². The molecule has 0 spiro atoms. The van der Waals surface area contributed by atoms with E-state index in [-0.39, 0.29) is 0 Å². The number of aromatic nitrogens is 4. The van der Waals surface area contributed by atoms with Gasteiger partial charge in [0, 0.05) is 5.69 Å². The van der Waals surface area contributed by atoms with Crippen molar-refractivity contribution in [2.75, 3.05) is 17.7 Å². The Bertz CT molecular complexity index is 1040. The molecule has 3 N–H and O–H groups in total. The highest BCUT2D eigenvalue weighted by atomic mass is 16.5. The molecule has 2 aromatic carbocycles. The Morgan fingerprint density at radius 3 is 2.65 bits per heavy atom. The van der Waals surface area contributed by atoms with Gasteiger partial charge in [-0.25, -0.2) is 15.0 Å². The van der Waals surface area contributed by atoms with E-state index in [1.807, 2.05) is 60.0 Å². The van der Waals surface area contributed by atoms with E-state index in [0.717, 1.165) is 22.5 Å². The molecule has 0 aliphatic rings. The topological polar surface area (TPSA) is 90.9 Å². The van der Waals surface area contributed by atoms with Crippen molar-refractivity contribution in [2.45, 2.75) is 6.92 Å². The second-order valence-electron chi connectivity index (χ2n) is 5.65. The summed E-state index contributed by atoms with van der Waals surface area (Å²) in [6, 6.07) is 15.4. The lowest BCUT2D eigenvalue weighted by atomic mass is 10.3. The van der Waals surface area contributed by atoms with E-state index in [2.05, 4.69) is 20.3 Å². The van der Waals surface area contributed by atoms with Crippen molar-refractivity contribution in [1.29, 1.82) is 0 Å². The predicted octanol–water partition coefficient (Wildman–Crippen LogP) is 3.54. The summed E-state index contributed by atoms with van der Waals surface area (Å²) >= 11 is 0. The van der Waals surface area contributed by atoms with E-state index in [9.17, 15) is 0 Å². The summed E-state index contributed by atoms with van der Waals surface area (Å²) in [7, 11) is 0. The molecule has 2 aromatic heterocycles. The SMILES string of the molecule is CCOc1ccc(Nc2ncnc(-n3cnc4ccccc43)c2N)cc1. The van der Waals surface area contributed by atoms with Crippen LogP contribution in [0, 0.1) is 0 Å². The highest BCUT2D eigenvalue weighted by molar-refractivity contribution is 5.81. The number of rotatable bonds is 5. The van der Waals surface area contributed by atoms with Gasteiger partial charge in [0.1, 0.15) is 24.1 Å².